The number of nitrogens with one attached hydrogen (secondary N) is 1. The Labute approximate surface area is 130 Å². The van der Waals surface area contributed by atoms with Gasteiger partial charge in [-0.1, -0.05) is 6.07 Å². The summed E-state index contributed by atoms with van der Waals surface area (Å²) in [6.07, 6.45) is 0.928. The molecule has 0 bridgehead atoms. The van der Waals surface area contributed by atoms with Crippen molar-refractivity contribution in [3.05, 3.63) is 28.7 Å². The fourth-order valence-corrected chi connectivity index (χ4v) is 3.01. The van der Waals surface area contributed by atoms with Gasteiger partial charge in [-0.25, -0.2) is 4.79 Å². The summed E-state index contributed by atoms with van der Waals surface area (Å²) in [7, 11) is 4.09. The second kappa shape index (κ2) is 6.54. The lowest BCUT2D eigenvalue weighted by molar-refractivity contribution is 0.381. The summed E-state index contributed by atoms with van der Waals surface area (Å²) < 4.78 is 7.23. The van der Waals surface area contributed by atoms with Crippen LogP contribution in [0.4, 0.5) is 5.69 Å². The average Bonchev–Trinajstić information content (AvgIpc) is 2.84. The number of benzene rings is 1. The molecule has 22 heavy (non-hydrogen) atoms. The van der Waals surface area contributed by atoms with Gasteiger partial charge in [0.2, 0.25) is 0 Å². The Kier molecular flexibility index (Phi) is 4.49. The van der Waals surface area contributed by atoms with Crippen LogP contribution in [0.2, 0.25) is 0 Å². The van der Waals surface area contributed by atoms with Crippen molar-refractivity contribution < 1.29 is 4.42 Å². The van der Waals surface area contributed by atoms with Crippen molar-refractivity contribution >= 4 is 16.8 Å². The molecule has 3 rings (SSSR count). The number of nitrogens with zero attached hydrogens (tertiary/aromatic N) is 3. The van der Waals surface area contributed by atoms with E-state index in [0.29, 0.717) is 12.1 Å². The van der Waals surface area contributed by atoms with Crippen LogP contribution in [0.3, 0.4) is 0 Å². The van der Waals surface area contributed by atoms with E-state index in [9.17, 15) is 4.79 Å². The summed E-state index contributed by atoms with van der Waals surface area (Å²) in [5, 5.41) is 3.36. The Bertz CT molecular complexity index is 683. The molecule has 120 valence electrons. The van der Waals surface area contributed by atoms with Gasteiger partial charge in [-0.3, -0.25) is 4.57 Å². The van der Waals surface area contributed by atoms with Gasteiger partial charge in [0.1, 0.15) is 5.52 Å². The third kappa shape index (κ3) is 3.03. The maximum absolute atomic E-state index is 12.2. The summed E-state index contributed by atoms with van der Waals surface area (Å²) >= 11 is 0. The standard InChI is InChI=1S/C16H24N4O2/c1-18(2)9-4-10-20-15-13(19-11-7-17-8-12-19)5-3-6-14(15)22-16(20)21/h3,5-6,17H,4,7-12H2,1-2H3. The molecule has 1 saturated heterocycles. The number of anilines is 1. The molecular formula is C16H24N4O2. The Morgan fingerprint density at radius 3 is 2.77 bits per heavy atom. The van der Waals surface area contributed by atoms with Crippen LogP contribution in [0.15, 0.2) is 27.4 Å². The Morgan fingerprint density at radius 1 is 1.27 bits per heavy atom. The molecule has 1 aromatic carbocycles. The second-order valence-electron chi connectivity index (χ2n) is 6.04. The first-order chi connectivity index (χ1) is 10.7. The Balaban J connectivity index is 1.96. The molecule has 0 aliphatic carbocycles. The highest BCUT2D eigenvalue weighted by Gasteiger charge is 2.18. The quantitative estimate of drug-likeness (QED) is 0.891. The van der Waals surface area contributed by atoms with Gasteiger partial charge in [-0.05, 0) is 39.2 Å². The second-order valence-corrected chi connectivity index (χ2v) is 6.04. The van der Waals surface area contributed by atoms with Crippen LogP contribution >= 0.6 is 0 Å². The van der Waals surface area contributed by atoms with E-state index in [-0.39, 0.29) is 5.76 Å². The first-order valence-electron chi connectivity index (χ1n) is 7.89. The molecule has 2 heterocycles. The monoisotopic (exact) mass is 304 g/mol. The van der Waals surface area contributed by atoms with E-state index < -0.39 is 0 Å². The first-order valence-corrected chi connectivity index (χ1v) is 7.89. The lowest BCUT2D eigenvalue weighted by Crippen LogP contribution is -2.43. The van der Waals surface area contributed by atoms with Crippen molar-refractivity contribution in [3.8, 4) is 0 Å². The molecule has 6 heteroatoms. The molecule has 0 saturated carbocycles. The van der Waals surface area contributed by atoms with Crippen LogP contribution < -0.4 is 16.0 Å². The molecule has 0 spiro atoms. The van der Waals surface area contributed by atoms with Gasteiger partial charge in [-0.2, -0.15) is 0 Å². The van der Waals surface area contributed by atoms with Crippen LogP contribution in [0, 0.1) is 0 Å². The minimum atomic E-state index is -0.253. The summed E-state index contributed by atoms with van der Waals surface area (Å²) in [6.45, 7) is 5.49. The van der Waals surface area contributed by atoms with Crippen molar-refractivity contribution in [2.24, 2.45) is 0 Å². The van der Waals surface area contributed by atoms with Crippen LogP contribution in [0.5, 0.6) is 0 Å². The number of hydrogen-bond donors (Lipinski definition) is 1. The van der Waals surface area contributed by atoms with Gasteiger partial charge in [0.05, 0.1) is 5.69 Å². The average molecular weight is 304 g/mol. The molecule has 0 radical (unpaired) electrons. The minimum Gasteiger partial charge on any atom is -0.408 e. The van der Waals surface area contributed by atoms with E-state index in [4.69, 9.17) is 4.42 Å². The van der Waals surface area contributed by atoms with Crippen LogP contribution in [-0.4, -0.2) is 56.3 Å². The highest BCUT2D eigenvalue weighted by atomic mass is 16.4. The Morgan fingerprint density at radius 2 is 2.05 bits per heavy atom. The zero-order valence-electron chi connectivity index (χ0n) is 13.3. The van der Waals surface area contributed by atoms with Gasteiger partial charge in [0.15, 0.2) is 5.58 Å². The summed E-state index contributed by atoms with van der Waals surface area (Å²) in [5.74, 6) is -0.253. The first kappa shape index (κ1) is 15.1. The lowest BCUT2D eigenvalue weighted by Gasteiger charge is -2.30. The maximum Gasteiger partial charge on any atom is 0.420 e. The number of para-hydroxylation sites is 1. The number of rotatable bonds is 5. The van der Waals surface area contributed by atoms with Gasteiger partial charge in [0, 0.05) is 32.7 Å². The fraction of sp³-hybridized carbons (Fsp3) is 0.562. The highest BCUT2D eigenvalue weighted by molar-refractivity contribution is 5.87. The molecule has 0 unspecified atom stereocenters. The van der Waals surface area contributed by atoms with Gasteiger partial charge in [-0.15, -0.1) is 0 Å². The molecule has 1 fully saturated rings. The molecule has 1 aromatic heterocycles. The van der Waals surface area contributed by atoms with Crippen molar-refractivity contribution in [1.29, 1.82) is 0 Å². The topological polar surface area (TPSA) is 53.7 Å². The van der Waals surface area contributed by atoms with Crippen LogP contribution in [0.25, 0.3) is 11.1 Å². The van der Waals surface area contributed by atoms with E-state index in [1.54, 1.807) is 4.57 Å². The molecule has 6 nitrogen and oxygen atoms in total. The van der Waals surface area contributed by atoms with Gasteiger partial charge < -0.3 is 19.5 Å². The van der Waals surface area contributed by atoms with Crippen molar-refractivity contribution in [2.75, 3.05) is 51.7 Å². The number of fused-ring (bicyclic) bond motifs is 1. The zero-order valence-corrected chi connectivity index (χ0v) is 13.3. The molecule has 1 N–H and O–H groups in total. The van der Waals surface area contributed by atoms with E-state index >= 15 is 0 Å². The van der Waals surface area contributed by atoms with E-state index in [0.717, 1.165) is 50.3 Å². The number of oxazole rings is 1. The summed E-state index contributed by atoms with van der Waals surface area (Å²) in [6, 6.07) is 5.93. The predicted octanol–water partition coefficient (Wildman–Crippen LogP) is 0.956. The smallest absolute Gasteiger partial charge is 0.408 e. The van der Waals surface area contributed by atoms with E-state index in [1.807, 2.05) is 26.2 Å². The SMILES string of the molecule is CN(C)CCCn1c(=O)oc2cccc(N3CCNCC3)c21. The zero-order chi connectivity index (χ0) is 15.5. The number of aryl methyl sites for hydroxylation is 1. The maximum atomic E-state index is 12.2. The normalized spacial score (nSPS) is 15.9. The number of aromatic nitrogens is 1. The third-order valence-corrected chi connectivity index (χ3v) is 4.11. The molecule has 0 atom stereocenters. The minimum absolute atomic E-state index is 0.253. The number of hydrogen-bond acceptors (Lipinski definition) is 5. The molecule has 1 aliphatic rings. The highest BCUT2D eigenvalue weighted by Crippen LogP contribution is 2.26. The van der Waals surface area contributed by atoms with Crippen molar-refractivity contribution in [1.82, 2.24) is 14.8 Å². The Hall–Kier alpha value is -1.79. The van der Waals surface area contributed by atoms with Gasteiger partial charge in [0.25, 0.3) is 0 Å². The molecule has 2 aromatic rings. The number of piperazine rings is 1. The van der Waals surface area contributed by atoms with Crippen molar-refractivity contribution in [2.45, 2.75) is 13.0 Å². The van der Waals surface area contributed by atoms with Crippen LogP contribution in [0.1, 0.15) is 6.42 Å². The predicted molar refractivity (Wildman–Crippen MR) is 88.7 cm³/mol. The van der Waals surface area contributed by atoms with Gasteiger partial charge >= 0.3 is 5.76 Å². The summed E-state index contributed by atoms with van der Waals surface area (Å²) in [5.41, 5.74) is 2.73. The van der Waals surface area contributed by atoms with Crippen LogP contribution in [-0.2, 0) is 6.54 Å². The van der Waals surface area contributed by atoms with E-state index in [1.165, 1.54) is 0 Å². The van der Waals surface area contributed by atoms with Crippen molar-refractivity contribution in [3.63, 3.8) is 0 Å². The molecule has 0 amide bonds. The largest absolute Gasteiger partial charge is 0.420 e. The molecule has 1 aliphatic heterocycles. The fourth-order valence-electron chi connectivity index (χ4n) is 3.01. The summed E-state index contributed by atoms with van der Waals surface area (Å²) in [4.78, 5) is 16.7. The van der Waals surface area contributed by atoms with E-state index in [2.05, 4.69) is 21.2 Å². The third-order valence-electron chi connectivity index (χ3n) is 4.11. The molecular weight excluding hydrogens is 280 g/mol. The lowest BCUT2D eigenvalue weighted by atomic mass is 10.2.